The van der Waals surface area contributed by atoms with E-state index in [4.69, 9.17) is 5.73 Å². The number of hydrogen-bond acceptors (Lipinski definition) is 6. The van der Waals surface area contributed by atoms with E-state index in [9.17, 15) is 4.79 Å². The highest BCUT2D eigenvalue weighted by molar-refractivity contribution is 7.13. The number of rotatable bonds is 2. The fourth-order valence-corrected chi connectivity index (χ4v) is 1.96. The Balaban J connectivity index is 2.19. The first-order valence-electron chi connectivity index (χ1n) is 4.89. The number of anilines is 2. The van der Waals surface area contributed by atoms with Gasteiger partial charge in [0, 0.05) is 11.1 Å². The van der Waals surface area contributed by atoms with Crippen LogP contribution >= 0.6 is 11.3 Å². The van der Waals surface area contributed by atoms with Crippen molar-refractivity contribution >= 4 is 28.3 Å². The van der Waals surface area contributed by atoms with Gasteiger partial charge in [-0.05, 0) is 19.9 Å². The molecule has 2 heterocycles. The number of aryl methyl sites for hydroxylation is 2. The zero-order chi connectivity index (χ0) is 12.4. The fourth-order valence-electron chi connectivity index (χ4n) is 1.28. The number of carbonyl (C=O) groups is 1. The highest BCUT2D eigenvalue weighted by Gasteiger charge is 2.11. The van der Waals surface area contributed by atoms with Crippen LogP contribution in [0.15, 0.2) is 11.4 Å². The lowest BCUT2D eigenvalue weighted by molar-refractivity contribution is 0.102. The lowest BCUT2D eigenvalue weighted by Crippen LogP contribution is -2.15. The molecule has 0 fully saturated rings. The number of nitrogens with one attached hydrogen (secondary N) is 1. The second kappa shape index (κ2) is 4.46. The topological polar surface area (TPSA) is 93.8 Å². The third-order valence-electron chi connectivity index (χ3n) is 1.94. The summed E-state index contributed by atoms with van der Waals surface area (Å²) in [6, 6.07) is 1.58. The second-order valence-corrected chi connectivity index (χ2v) is 4.36. The Kier molecular flexibility index (Phi) is 3.01. The van der Waals surface area contributed by atoms with Gasteiger partial charge in [-0.3, -0.25) is 10.1 Å². The molecule has 1 amide bonds. The van der Waals surface area contributed by atoms with E-state index < -0.39 is 0 Å². The summed E-state index contributed by atoms with van der Waals surface area (Å²) >= 11 is 1.36. The molecule has 0 aliphatic rings. The average Bonchev–Trinajstić information content (AvgIpc) is 2.62. The van der Waals surface area contributed by atoms with Gasteiger partial charge in [-0.25, -0.2) is 15.0 Å². The van der Waals surface area contributed by atoms with Gasteiger partial charge in [-0.15, -0.1) is 11.3 Å². The first-order chi connectivity index (χ1) is 8.04. The first kappa shape index (κ1) is 11.5. The molecule has 0 aromatic carbocycles. The number of nitrogen functional groups attached to an aromatic ring is 1. The summed E-state index contributed by atoms with van der Waals surface area (Å²) in [4.78, 5) is 23.7. The average molecular weight is 249 g/mol. The monoisotopic (exact) mass is 249 g/mol. The van der Waals surface area contributed by atoms with Gasteiger partial charge in [0.2, 0.25) is 5.95 Å². The Labute approximate surface area is 102 Å². The molecule has 2 aromatic heterocycles. The summed E-state index contributed by atoms with van der Waals surface area (Å²) in [7, 11) is 0. The largest absolute Gasteiger partial charge is 0.368 e. The molecule has 3 N–H and O–H groups in total. The highest BCUT2D eigenvalue weighted by Crippen LogP contribution is 2.15. The quantitative estimate of drug-likeness (QED) is 0.838. The van der Waals surface area contributed by atoms with E-state index in [0.29, 0.717) is 10.8 Å². The Morgan fingerprint density at radius 3 is 2.65 bits per heavy atom. The Bertz CT molecular complexity index is 545. The predicted molar refractivity (Wildman–Crippen MR) is 66.0 cm³/mol. The van der Waals surface area contributed by atoms with Crippen molar-refractivity contribution in [1.29, 1.82) is 0 Å². The number of hydrogen-bond donors (Lipinski definition) is 2. The zero-order valence-corrected chi connectivity index (χ0v) is 10.2. The lowest BCUT2D eigenvalue weighted by Gasteiger charge is -2.02. The van der Waals surface area contributed by atoms with Gasteiger partial charge in [0.15, 0.2) is 5.13 Å². The van der Waals surface area contributed by atoms with Crippen molar-refractivity contribution in [3.8, 4) is 0 Å². The van der Waals surface area contributed by atoms with Crippen LogP contribution in [-0.2, 0) is 0 Å². The van der Waals surface area contributed by atoms with Gasteiger partial charge in [0.05, 0.1) is 5.69 Å². The molecule has 0 saturated carbocycles. The van der Waals surface area contributed by atoms with Crippen LogP contribution in [0.3, 0.4) is 0 Å². The molecular formula is C10H11N5OS. The molecule has 17 heavy (non-hydrogen) atoms. The number of nitrogens with zero attached hydrogens (tertiary/aromatic N) is 3. The number of carbonyl (C=O) groups excluding carboxylic acids is 1. The van der Waals surface area contributed by atoms with Crippen molar-refractivity contribution in [2.45, 2.75) is 13.8 Å². The summed E-state index contributed by atoms with van der Waals surface area (Å²) < 4.78 is 0. The molecule has 2 aromatic rings. The van der Waals surface area contributed by atoms with Gasteiger partial charge in [-0.1, -0.05) is 0 Å². The molecule has 0 saturated heterocycles. The number of aromatic nitrogens is 3. The van der Waals surface area contributed by atoms with E-state index in [2.05, 4.69) is 20.3 Å². The number of amides is 1. The molecule has 0 bridgehead atoms. The fraction of sp³-hybridized carbons (Fsp3) is 0.200. The van der Waals surface area contributed by atoms with Crippen LogP contribution in [0.25, 0.3) is 0 Å². The maximum atomic E-state index is 11.8. The zero-order valence-electron chi connectivity index (χ0n) is 9.39. The van der Waals surface area contributed by atoms with Gasteiger partial charge in [0.1, 0.15) is 5.69 Å². The molecule has 0 unspecified atom stereocenters. The Morgan fingerprint density at radius 1 is 1.29 bits per heavy atom. The summed E-state index contributed by atoms with van der Waals surface area (Å²) in [6.45, 7) is 3.61. The van der Waals surface area contributed by atoms with Crippen LogP contribution in [0.5, 0.6) is 0 Å². The van der Waals surface area contributed by atoms with Crippen molar-refractivity contribution in [2.24, 2.45) is 0 Å². The van der Waals surface area contributed by atoms with Gasteiger partial charge in [-0.2, -0.15) is 0 Å². The lowest BCUT2D eigenvalue weighted by atomic mass is 10.3. The van der Waals surface area contributed by atoms with Crippen molar-refractivity contribution in [3.63, 3.8) is 0 Å². The predicted octanol–water partition coefficient (Wildman–Crippen LogP) is 1.38. The van der Waals surface area contributed by atoms with E-state index in [1.54, 1.807) is 13.0 Å². The first-order valence-corrected chi connectivity index (χ1v) is 5.77. The summed E-state index contributed by atoms with van der Waals surface area (Å²) in [5.41, 5.74) is 7.23. The summed E-state index contributed by atoms with van der Waals surface area (Å²) in [5.74, 6) is -0.248. The molecule has 0 aliphatic heterocycles. The SMILES string of the molecule is Cc1cc(C(=O)Nc2nc(C)cs2)nc(N)n1. The Hall–Kier alpha value is -2.02. The van der Waals surface area contributed by atoms with Crippen LogP contribution in [0.1, 0.15) is 21.9 Å². The van der Waals surface area contributed by atoms with Crippen LogP contribution in [0.2, 0.25) is 0 Å². The minimum atomic E-state index is -0.337. The molecule has 7 heteroatoms. The molecule has 2 rings (SSSR count). The van der Waals surface area contributed by atoms with Crippen LogP contribution in [0, 0.1) is 13.8 Å². The number of thiazole rings is 1. The Morgan fingerprint density at radius 2 is 2.06 bits per heavy atom. The molecule has 0 radical (unpaired) electrons. The van der Waals surface area contributed by atoms with Gasteiger partial charge in [0.25, 0.3) is 5.91 Å². The molecule has 6 nitrogen and oxygen atoms in total. The van der Waals surface area contributed by atoms with Crippen LogP contribution < -0.4 is 11.1 Å². The van der Waals surface area contributed by atoms with Crippen LogP contribution in [0.4, 0.5) is 11.1 Å². The third kappa shape index (κ3) is 2.76. The van der Waals surface area contributed by atoms with Crippen molar-refractivity contribution < 1.29 is 4.79 Å². The van der Waals surface area contributed by atoms with Crippen LogP contribution in [-0.4, -0.2) is 20.9 Å². The molecule has 0 spiro atoms. The normalized spacial score (nSPS) is 10.2. The molecule has 0 aliphatic carbocycles. The maximum Gasteiger partial charge on any atom is 0.276 e. The van der Waals surface area contributed by atoms with Gasteiger partial charge >= 0.3 is 0 Å². The third-order valence-corrected chi connectivity index (χ3v) is 2.82. The molecule has 0 atom stereocenters. The van der Waals surface area contributed by atoms with E-state index in [1.165, 1.54) is 11.3 Å². The van der Waals surface area contributed by atoms with Crippen molar-refractivity contribution in [2.75, 3.05) is 11.1 Å². The summed E-state index contributed by atoms with van der Waals surface area (Å²) in [5, 5.41) is 5.06. The van der Waals surface area contributed by atoms with E-state index in [0.717, 1.165) is 5.69 Å². The maximum absolute atomic E-state index is 11.8. The minimum Gasteiger partial charge on any atom is -0.368 e. The second-order valence-electron chi connectivity index (χ2n) is 3.50. The molecular weight excluding hydrogens is 238 g/mol. The summed E-state index contributed by atoms with van der Waals surface area (Å²) in [6.07, 6.45) is 0. The van der Waals surface area contributed by atoms with E-state index >= 15 is 0 Å². The standard InChI is InChI=1S/C10H11N5OS/c1-5-3-7(14-9(11)12-5)8(16)15-10-13-6(2)4-17-10/h3-4H,1-2H3,(H2,11,12,14)(H,13,15,16). The smallest absolute Gasteiger partial charge is 0.276 e. The van der Waals surface area contributed by atoms with Crippen molar-refractivity contribution in [3.05, 3.63) is 28.5 Å². The number of nitrogens with two attached hydrogens (primary N) is 1. The van der Waals surface area contributed by atoms with E-state index in [-0.39, 0.29) is 17.5 Å². The minimum absolute atomic E-state index is 0.0884. The van der Waals surface area contributed by atoms with Crippen molar-refractivity contribution in [1.82, 2.24) is 15.0 Å². The highest BCUT2D eigenvalue weighted by atomic mass is 32.1. The van der Waals surface area contributed by atoms with Gasteiger partial charge < -0.3 is 5.73 Å². The van der Waals surface area contributed by atoms with E-state index in [1.807, 2.05) is 12.3 Å². The molecule has 88 valence electrons.